The molecule has 0 saturated carbocycles. The van der Waals surface area contributed by atoms with Gasteiger partial charge in [0, 0.05) is 13.1 Å². The van der Waals surface area contributed by atoms with Crippen LogP contribution in [-0.2, 0) is 14.8 Å². The molecule has 0 radical (unpaired) electrons. The van der Waals surface area contributed by atoms with Crippen LogP contribution in [0.15, 0.2) is 0 Å². The van der Waals surface area contributed by atoms with Gasteiger partial charge in [-0.3, -0.25) is 4.79 Å². The van der Waals surface area contributed by atoms with Crippen LogP contribution in [-0.4, -0.2) is 43.0 Å². The summed E-state index contributed by atoms with van der Waals surface area (Å²) >= 11 is 2.87. The molecule has 5 nitrogen and oxygen atoms in total. The molecule has 1 heterocycles. The Morgan fingerprint density at radius 2 is 1.94 bits per heavy atom. The number of likely N-dealkylation sites (tertiary alicyclic amines) is 1. The minimum Gasteiger partial charge on any atom is -0.341 e. The molecule has 0 bridgehead atoms. The average molecular weight is 313 g/mol. The van der Waals surface area contributed by atoms with Crippen molar-refractivity contribution in [2.75, 3.05) is 17.8 Å². The van der Waals surface area contributed by atoms with Gasteiger partial charge in [-0.2, -0.15) is 0 Å². The standard InChI is InChI=1S/C9H17BrN2O3S/c1-8(11-16(14,15)7-10)9(13)12-5-3-2-4-6-12/h8,11H,2-7H2,1H3. The van der Waals surface area contributed by atoms with E-state index in [1.165, 1.54) is 0 Å². The van der Waals surface area contributed by atoms with Gasteiger partial charge < -0.3 is 4.90 Å². The minimum absolute atomic E-state index is 0.135. The van der Waals surface area contributed by atoms with E-state index >= 15 is 0 Å². The molecule has 1 N–H and O–H groups in total. The lowest BCUT2D eigenvalue weighted by Gasteiger charge is -2.29. The molecule has 0 aromatic carbocycles. The molecule has 1 rings (SSSR count). The number of hydrogen-bond acceptors (Lipinski definition) is 3. The van der Waals surface area contributed by atoms with Gasteiger partial charge in [-0.15, -0.1) is 0 Å². The Labute approximate surface area is 105 Å². The first-order chi connectivity index (χ1) is 7.46. The Bertz CT molecular complexity index is 339. The van der Waals surface area contributed by atoms with Crippen LogP contribution < -0.4 is 4.72 Å². The van der Waals surface area contributed by atoms with Crippen LogP contribution in [0.2, 0.25) is 0 Å². The monoisotopic (exact) mass is 312 g/mol. The summed E-state index contributed by atoms with van der Waals surface area (Å²) in [6.07, 6.45) is 3.15. The molecule has 1 amide bonds. The Hall–Kier alpha value is -0.140. The van der Waals surface area contributed by atoms with Gasteiger partial charge in [-0.05, 0) is 26.2 Å². The van der Waals surface area contributed by atoms with Crippen molar-refractivity contribution in [3.05, 3.63) is 0 Å². The van der Waals surface area contributed by atoms with Crippen LogP contribution in [0.3, 0.4) is 0 Å². The molecule has 94 valence electrons. The molecule has 1 fully saturated rings. The van der Waals surface area contributed by atoms with Gasteiger partial charge in [0.25, 0.3) is 0 Å². The fourth-order valence-electron chi connectivity index (χ4n) is 1.74. The van der Waals surface area contributed by atoms with Gasteiger partial charge in [-0.25, -0.2) is 13.1 Å². The van der Waals surface area contributed by atoms with Crippen molar-refractivity contribution >= 4 is 31.9 Å². The van der Waals surface area contributed by atoms with Gasteiger partial charge in [0.1, 0.15) is 4.66 Å². The number of rotatable bonds is 4. The molecule has 0 aliphatic carbocycles. The second kappa shape index (κ2) is 5.97. The fraction of sp³-hybridized carbons (Fsp3) is 0.889. The molecule has 0 aromatic rings. The third-order valence-corrected chi connectivity index (χ3v) is 5.35. The van der Waals surface area contributed by atoms with E-state index in [1.54, 1.807) is 11.8 Å². The van der Waals surface area contributed by atoms with E-state index in [0.717, 1.165) is 32.4 Å². The maximum Gasteiger partial charge on any atom is 0.240 e. The summed E-state index contributed by atoms with van der Waals surface area (Å²) in [7, 11) is -3.38. The highest BCUT2D eigenvalue weighted by molar-refractivity contribution is 9.10. The van der Waals surface area contributed by atoms with Gasteiger partial charge in [0.15, 0.2) is 0 Å². The quantitative estimate of drug-likeness (QED) is 0.775. The summed E-state index contributed by atoms with van der Waals surface area (Å²) in [6.45, 7) is 3.05. The van der Waals surface area contributed by atoms with E-state index in [1.807, 2.05) is 0 Å². The maximum atomic E-state index is 11.9. The first kappa shape index (κ1) is 13.9. The summed E-state index contributed by atoms with van der Waals surface area (Å²) in [5.74, 6) is -0.135. The third-order valence-electron chi connectivity index (χ3n) is 2.54. The van der Waals surface area contributed by atoms with E-state index in [9.17, 15) is 13.2 Å². The zero-order valence-electron chi connectivity index (χ0n) is 9.28. The SMILES string of the molecule is CC(NS(=O)(=O)CBr)C(=O)N1CCCCC1. The second-order valence-electron chi connectivity index (χ2n) is 3.95. The van der Waals surface area contributed by atoms with Crippen molar-refractivity contribution in [1.82, 2.24) is 9.62 Å². The van der Waals surface area contributed by atoms with E-state index in [2.05, 4.69) is 20.7 Å². The van der Waals surface area contributed by atoms with Crippen LogP contribution >= 0.6 is 15.9 Å². The van der Waals surface area contributed by atoms with Crippen LogP contribution in [0, 0.1) is 0 Å². The molecular formula is C9H17BrN2O3S. The molecule has 1 saturated heterocycles. The zero-order valence-corrected chi connectivity index (χ0v) is 11.7. The fourth-order valence-corrected chi connectivity index (χ4v) is 2.84. The zero-order chi connectivity index (χ0) is 12.2. The number of nitrogens with zero attached hydrogens (tertiary/aromatic N) is 1. The van der Waals surface area contributed by atoms with Gasteiger partial charge in [0.2, 0.25) is 15.9 Å². The van der Waals surface area contributed by atoms with Crippen LogP contribution in [0.4, 0.5) is 0 Å². The van der Waals surface area contributed by atoms with Crippen molar-refractivity contribution in [1.29, 1.82) is 0 Å². The molecule has 1 unspecified atom stereocenters. The first-order valence-corrected chi connectivity index (χ1v) is 8.08. The number of nitrogens with one attached hydrogen (secondary N) is 1. The largest absolute Gasteiger partial charge is 0.341 e. The Morgan fingerprint density at radius 1 is 1.38 bits per heavy atom. The highest BCUT2D eigenvalue weighted by atomic mass is 79.9. The lowest BCUT2D eigenvalue weighted by atomic mass is 10.1. The van der Waals surface area contributed by atoms with Crippen LogP contribution in [0.25, 0.3) is 0 Å². The number of alkyl halides is 1. The van der Waals surface area contributed by atoms with Gasteiger partial charge in [-0.1, -0.05) is 15.9 Å². The predicted octanol–water partition coefficient (Wildman–Crippen LogP) is 0.659. The number of sulfonamides is 1. The van der Waals surface area contributed by atoms with Gasteiger partial charge >= 0.3 is 0 Å². The lowest BCUT2D eigenvalue weighted by molar-refractivity contribution is -0.133. The van der Waals surface area contributed by atoms with E-state index in [4.69, 9.17) is 0 Å². The minimum atomic E-state index is -3.38. The highest BCUT2D eigenvalue weighted by Crippen LogP contribution is 2.10. The van der Waals surface area contributed by atoms with Crippen LogP contribution in [0.1, 0.15) is 26.2 Å². The van der Waals surface area contributed by atoms with E-state index in [0.29, 0.717) is 0 Å². The topological polar surface area (TPSA) is 66.5 Å². The van der Waals surface area contributed by atoms with E-state index < -0.39 is 16.1 Å². The summed E-state index contributed by atoms with van der Waals surface area (Å²) in [4.78, 5) is 13.6. The average Bonchev–Trinajstić information content (AvgIpc) is 2.28. The maximum absolute atomic E-state index is 11.9. The number of halogens is 1. The smallest absolute Gasteiger partial charge is 0.240 e. The Morgan fingerprint density at radius 3 is 2.44 bits per heavy atom. The number of carbonyl (C=O) groups excluding carboxylic acids is 1. The van der Waals surface area contributed by atoms with Crippen molar-refractivity contribution < 1.29 is 13.2 Å². The number of piperidine rings is 1. The Balaban J connectivity index is 2.53. The van der Waals surface area contributed by atoms with Crippen molar-refractivity contribution in [3.8, 4) is 0 Å². The summed E-state index contributed by atoms with van der Waals surface area (Å²) in [5, 5.41) is 0. The third kappa shape index (κ3) is 4.03. The van der Waals surface area contributed by atoms with Crippen molar-refractivity contribution in [2.24, 2.45) is 0 Å². The normalized spacial score (nSPS) is 19.5. The Kier molecular flexibility index (Phi) is 5.20. The molecule has 1 aliphatic heterocycles. The van der Waals surface area contributed by atoms with Crippen molar-refractivity contribution in [2.45, 2.75) is 32.2 Å². The number of carbonyl (C=O) groups is 1. The second-order valence-corrected chi connectivity index (χ2v) is 7.01. The number of amides is 1. The molecule has 7 heteroatoms. The molecule has 0 spiro atoms. The number of hydrogen-bond donors (Lipinski definition) is 1. The summed E-state index contributed by atoms with van der Waals surface area (Å²) < 4.78 is 24.7. The van der Waals surface area contributed by atoms with Crippen LogP contribution in [0.5, 0.6) is 0 Å². The predicted molar refractivity (Wildman–Crippen MR) is 65.7 cm³/mol. The highest BCUT2D eigenvalue weighted by Gasteiger charge is 2.25. The molecule has 16 heavy (non-hydrogen) atoms. The van der Waals surface area contributed by atoms with Gasteiger partial charge in [0.05, 0.1) is 6.04 Å². The molecule has 1 atom stereocenters. The molecule has 0 aromatic heterocycles. The molecule has 1 aliphatic rings. The van der Waals surface area contributed by atoms with E-state index in [-0.39, 0.29) is 10.6 Å². The summed E-state index contributed by atoms with van der Waals surface area (Å²) in [6, 6.07) is -0.680. The molecular weight excluding hydrogens is 296 g/mol. The first-order valence-electron chi connectivity index (χ1n) is 5.31. The van der Waals surface area contributed by atoms with Crippen molar-refractivity contribution in [3.63, 3.8) is 0 Å². The summed E-state index contributed by atoms with van der Waals surface area (Å²) in [5.41, 5.74) is 0. The lowest BCUT2D eigenvalue weighted by Crippen LogP contribution is -2.48.